The molecule has 0 aliphatic heterocycles. The number of nitro groups is 1. The van der Waals surface area contributed by atoms with Crippen molar-refractivity contribution in [3.05, 3.63) is 68.2 Å². The van der Waals surface area contributed by atoms with Gasteiger partial charge in [0, 0.05) is 28.8 Å². The smallest absolute Gasteiger partial charge is 0.269 e. The molecule has 6 heteroatoms. The number of halogens is 1. The van der Waals surface area contributed by atoms with Gasteiger partial charge in [-0.2, -0.15) is 0 Å². The maximum absolute atomic E-state index is 10.6. The van der Waals surface area contributed by atoms with Gasteiger partial charge in [0.05, 0.1) is 11.0 Å². The normalized spacial score (nSPS) is 12.0. The summed E-state index contributed by atoms with van der Waals surface area (Å²) in [7, 11) is 0. The average molecular weight is 351 g/mol. The van der Waals surface area contributed by atoms with Crippen LogP contribution in [0, 0.1) is 17.0 Å². The van der Waals surface area contributed by atoms with Crippen LogP contribution in [0.4, 0.5) is 11.4 Å². The number of aliphatic hydroxyl groups excluding tert-OH is 1. The number of rotatable bonds is 5. The van der Waals surface area contributed by atoms with E-state index in [-0.39, 0.29) is 5.69 Å². The maximum atomic E-state index is 10.6. The summed E-state index contributed by atoms with van der Waals surface area (Å²) in [5.41, 5.74) is 2.67. The molecule has 21 heavy (non-hydrogen) atoms. The van der Waals surface area contributed by atoms with E-state index < -0.39 is 11.0 Å². The van der Waals surface area contributed by atoms with E-state index in [2.05, 4.69) is 21.2 Å². The minimum atomic E-state index is -0.738. The molecule has 2 aromatic rings. The predicted molar refractivity (Wildman–Crippen MR) is 85.4 cm³/mol. The molecule has 2 rings (SSSR count). The number of nitrogens with one attached hydrogen (secondary N) is 1. The van der Waals surface area contributed by atoms with Crippen molar-refractivity contribution in [2.24, 2.45) is 0 Å². The van der Waals surface area contributed by atoms with Gasteiger partial charge in [-0.3, -0.25) is 10.1 Å². The third-order valence-electron chi connectivity index (χ3n) is 3.10. The van der Waals surface area contributed by atoms with Crippen LogP contribution in [0.2, 0.25) is 0 Å². The van der Waals surface area contributed by atoms with Gasteiger partial charge in [-0.25, -0.2) is 0 Å². The summed E-state index contributed by atoms with van der Waals surface area (Å²) in [5.74, 6) is 0. The minimum absolute atomic E-state index is 0.0142. The summed E-state index contributed by atoms with van der Waals surface area (Å²) in [4.78, 5) is 10.1. The quantitative estimate of drug-likeness (QED) is 0.634. The van der Waals surface area contributed by atoms with Crippen molar-refractivity contribution < 1.29 is 10.0 Å². The zero-order chi connectivity index (χ0) is 15.4. The number of non-ortho nitro benzene ring substituents is 1. The number of aryl methyl sites for hydroxylation is 1. The molecule has 0 aliphatic carbocycles. The van der Waals surface area contributed by atoms with Gasteiger partial charge in [-0.05, 0) is 58.2 Å². The van der Waals surface area contributed by atoms with Crippen molar-refractivity contribution in [1.29, 1.82) is 0 Å². The molecule has 0 aliphatic rings. The molecule has 0 amide bonds. The fourth-order valence-corrected chi connectivity index (χ4v) is 2.30. The van der Waals surface area contributed by atoms with Gasteiger partial charge in [-0.15, -0.1) is 0 Å². The van der Waals surface area contributed by atoms with Crippen LogP contribution in [-0.4, -0.2) is 16.6 Å². The zero-order valence-electron chi connectivity index (χ0n) is 11.4. The number of hydrogen-bond acceptors (Lipinski definition) is 4. The Bertz CT molecular complexity index is 644. The first-order valence-corrected chi connectivity index (χ1v) is 7.19. The van der Waals surface area contributed by atoms with Gasteiger partial charge in [0.15, 0.2) is 0 Å². The molecule has 0 heterocycles. The van der Waals surface area contributed by atoms with E-state index in [0.717, 1.165) is 15.7 Å². The standard InChI is InChI=1S/C15H15BrN2O3/c1-10-2-7-13(16)14(8-10)17-9-15(19)11-3-5-12(6-4-11)18(20)21/h2-8,15,17,19H,9H2,1H3. The molecule has 110 valence electrons. The van der Waals surface area contributed by atoms with Crippen LogP contribution in [0.3, 0.4) is 0 Å². The molecule has 0 fully saturated rings. The van der Waals surface area contributed by atoms with Gasteiger partial charge >= 0.3 is 0 Å². The van der Waals surface area contributed by atoms with Crippen LogP contribution in [0.15, 0.2) is 46.9 Å². The SMILES string of the molecule is Cc1ccc(Br)c(NCC(O)c2ccc([N+](=O)[O-])cc2)c1. The number of benzene rings is 2. The summed E-state index contributed by atoms with van der Waals surface area (Å²) in [6.07, 6.45) is -0.738. The van der Waals surface area contributed by atoms with E-state index >= 15 is 0 Å². The first-order chi connectivity index (χ1) is 9.97. The Morgan fingerprint density at radius 1 is 1.29 bits per heavy atom. The monoisotopic (exact) mass is 350 g/mol. The maximum Gasteiger partial charge on any atom is 0.269 e. The lowest BCUT2D eigenvalue weighted by atomic mass is 10.1. The van der Waals surface area contributed by atoms with E-state index in [1.807, 2.05) is 25.1 Å². The molecule has 1 unspecified atom stereocenters. The van der Waals surface area contributed by atoms with Crippen molar-refractivity contribution in [2.75, 3.05) is 11.9 Å². The summed E-state index contributed by atoms with van der Waals surface area (Å²) < 4.78 is 0.920. The van der Waals surface area contributed by atoms with Crippen LogP contribution < -0.4 is 5.32 Å². The second kappa shape index (κ2) is 6.69. The Kier molecular flexibility index (Phi) is 4.93. The molecular formula is C15H15BrN2O3. The highest BCUT2D eigenvalue weighted by Crippen LogP contribution is 2.25. The molecule has 0 saturated heterocycles. The van der Waals surface area contributed by atoms with Gasteiger partial charge in [0.2, 0.25) is 0 Å². The fraction of sp³-hybridized carbons (Fsp3) is 0.200. The molecule has 0 spiro atoms. The van der Waals surface area contributed by atoms with E-state index in [0.29, 0.717) is 12.1 Å². The summed E-state index contributed by atoms with van der Waals surface area (Å²) in [6.45, 7) is 2.31. The van der Waals surface area contributed by atoms with E-state index in [1.54, 1.807) is 12.1 Å². The largest absolute Gasteiger partial charge is 0.387 e. The van der Waals surface area contributed by atoms with Crippen molar-refractivity contribution in [3.63, 3.8) is 0 Å². The van der Waals surface area contributed by atoms with E-state index in [4.69, 9.17) is 0 Å². The lowest BCUT2D eigenvalue weighted by Crippen LogP contribution is -2.12. The summed E-state index contributed by atoms with van der Waals surface area (Å²) >= 11 is 3.44. The predicted octanol–water partition coefficient (Wildman–Crippen LogP) is 3.81. The van der Waals surface area contributed by atoms with Crippen LogP contribution in [0.1, 0.15) is 17.2 Å². The number of hydrogen-bond donors (Lipinski definition) is 2. The van der Waals surface area contributed by atoms with Crippen LogP contribution in [0.5, 0.6) is 0 Å². The fourth-order valence-electron chi connectivity index (χ4n) is 1.92. The summed E-state index contributed by atoms with van der Waals surface area (Å²) in [5, 5.41) is 23.9. The van der Waals surface area contributed by atoms with Crippen molar-refractivity contribution in [1.82, 2.24) is 0 Å². The first-order valence-electron chi connectivity index (χ1n) is 6.40. The number of anilines is 1. The molecular weight excluding hydrogens is 336 g/mol. The summed E-state index contributed by atoms with van der Waals surface area (Å²) in [6, 6.07) is 11.8. The van der Waals surface area contributed by atoms with E-state index in [9.17, 15) is 15.2 Å². The Balaban J connectivity index is 2.02. The Morgan fingerprint density at radius 3 is 2.57 bits per heavy atom. The second-order valence-electron chi connectivity index (χ2n) is 4.73. The van der Waals surface area contributed by atoms with E-state index in [1.165, 1.54) is 12.1 Å². The lowest BCUT2D eigenvalue weighted by Gasteiger charge is -2.14. The molecule has 5 nitrogen and oxygen atoms in total. The highest BCUT2D eigenvalue weighted by Gasteiger charge is 2.11. The van der Waals surface area contributed by atoms with Crippen molar-refractivity contribution in [2.45, 2.75) is 13.0 Å². The van der Waals surface area contributed by atoms with Gasteiger partial charge in [0.1, 0.15) is 0 Å². The third-order valence-corrected chi connectivity index (χ3v) is 3.79. The van der Waals surface area contributed by atoms with Gasteiger partial charge in [0.25, 0.3) is 5.69 Å². The zero-order valence-corrected chi connectivity index (χ0v) is 13.0. The van der Waals surface area contributed by atoms with Crippen LogP contribution in [0.25, 0.3) is 0 Å². The molecule has 1 atom stereocenters. The molecule has 2 N–H and O–H groups in total. The molecule has 0 bridgehead atoms. The Morgan fingerprint density at radius 2 is 1.95 bits per heavy atom. The topological polar surface area (TPSA) is 75.4 Å². The average Bonchev–Trinajstić information content (AvgIpc) is 2.48. The number of nitro benzene ring substituents is 1. The third kappa shape index (κ3) is 4.03. The van der Waals surface area contributed by atoms with Gasteiger partial charge in [-0.1, -0.05) is 6.07 Å². The Labute approximate surface area is 130 Å². The number of nitrogens with zero attached hydrogens (tertiary/aromatic N) is 1. The first kappa shape index (κ1) is 15.5. The highest BCUT2D eigenvalue weighted by molar-refractivity contribution is 9.10. The van der Waals surface area contributed by atoms with Gasteiger partial charge < -0.3 is 10.4 Å². The highest BCUT2D eigenvalue weighted by atomic mass is 79.9. The lowest BCUT2D eigenvalue weighted by molar-refractivity contribution is -0.384. The Hall–Kier alpha value is -1.92. The molecule has 0 radical (unpaired) electrons. The van der Waals surface area contributed by atoms with Crippen molar-refractivity contribution >= 4 is 27.3 Å². The molecule has 2 aromatic carbocycles. The molecule has 0 aromatic heterocycles. The number of aliphatic hydroxyl groups is 1. The van der Waals surface area contributed by atoms with Crippen LogP contribution in [-0.2, 0) is 0 Å². The molecule has 0 saturated carbocycles. The minimum Gasteiger partial charge on any atom is -0.387 e. The second-order valence-corrected chi connectivity index (χ2v) is 5.58. The van der Waals surface area contributed by atoms with Crippen LogP contribution >= 0.6 is 15.9 Å². The van der Waals surface area contributed by atoms with Crippen molar-refractivity contribution in [3.8, 4) is 0 Å².